The Morgan fingerprint density at radius 1 is 1.30 bits per heavy atom. The molecule has 1 heterocycles. The van der Waals surface area contributed by atoms with Crippen molar-refractivity contribution < 1.29 is 9.84 Å². The van der Waals surface area contributed by atoms with E-state index in [0.29, 0.717) is 12.4 Å². The number of para-hydroxylation sites is 1. The van der Waals surface area contributed by atoms with E-state index in [1.165, 1.54) is 39.1 Å². The van der Waals surface area contributed by atoms with Gasteiger partial charge in [0.15, 0.2) is 0 Å². The number of hydrogen-bond donors (Lipinski definition) is 1. The molecule has 1 N–H and O–H groups in total. The van der Waals surface area contributed by atoms with E-state index < -0.39 is 0 Å². The molecule has 2 aliphatic rings. The number of likely N-dealkylation sites (N-methyl/N-ethyl adjacent to an activating group) is 1. The molecule has 0 amide bonds. The van der Waals surface area contributed by atoms with E-state index in [2.05, 4.69) is 75.2 Å². The number of benzene rings is 2. The molecule has 30 heavy (non-hydrogen) atoms. The summed E-state index contributed by atoms with van der Waals surface area (Å²) in [6, 6.07) is 13.6. The summed E-state index contributed by atoms with van der Waals surface area (Å²) >= 11 is 0. The van der Waals surface area contributed by atoms with Crippen LogP contribution in [0.25, 0.3) is 5.57 Å². The first-order valence-electron chi connectivity index (χ1n) is 10.8. The highest BCUT2D eigenvalue weighted by Gasteiger charge is 2.43. The van der Waals surface area contributed by atoms with Crippen molar-refractivity contribution in [1.82, 2.24) is 0 Å². The van der Waals surface area contributed by atoms with E-state index in [9.17, 15) is 5.11 Å². The molecule has 1 aliphatic heterocycles. The van der Waals surface area contributed by atoms with Crippen LogP contribution in [-0.2, 0) is 16.6 Å². The normalized spacial score (nSPS) is 23.9. The predicted octanol–water partition coefficient (Wildman–Crippen LogP) is 6.27. The van der Waals surface area contributed by atoms with Crippen LogP contribution in [0.3, 0.4) is 0 Å². The third-order valence-electron chi connectivity index (χ3n) is 6.57. The fraction of sp³-hybridized carbons (Fsp3) is 0.407. The molecule has 0 aromatic heterocycles. The summed E-state index contributed by atoms with van der Waals surface area (Å²) in [6.07, 6.45) is 5.09. The molecule has 0 radical (unpaired) electrons. The lowest BCUT2D eigenvalue weighted by Gasteiger charge is -2.46. The van der Waals surface area contributed by atoms with Crippen molar-refractivity contribution in [3.63, 3.8) is 0 Å². The molecule has 0 saturated carbocycles. The van der Waals surface area contributed by atoms with Gasteiger partial charge in [-0.15, -0.1) is 0 Å². The number of aryl methyl sites for hydroxylation is 1. The number of fused-ring (bicyclic) bond motifs is 2. The predicted molar refractivity (Wildman–Crippen MR) is 125 cm³/mol. The largest absolute Gasteiger partial charge is 0.513 e. The van der Waals surface area contributed by atoms with Gasteiger partial charge in [-0.1, -0.05) is 48.9 Å². The zero-order valence-corrected chi connectivity index (χ0v) is 19.0. The maximum atomic E-state index is 9.53. The average Bonchev–Trinajstić information content (AvgIpc) is 2.67. The van der Waals surface area contributed by atoms with Crippen LogP contribution >= 0.6 is 0 Å². The Labute approximate surface area is 180 Å². The number of aliphatic hydroxyl groups excluding tert-OH is 1. The summed E-state index contributed by atoms with van der Waals surface area (Å²) in [5.74, 6) is 0.307. The van der Waals surface area contributed by atoms with Crippen LogP contribution in [0, 0.1) is 6.92 Å². The fourth-order valence-electron chi connectivity index (χ4n) is 5.23. The minimum atomic E-state index is -0.101. The lowest BCUT2D eigenvalue weighted by atomic mass is 9.62. The highest BCUT2D eigenvalue weighted by Crippen LogP contribution is 2.49. The highest BCUT2D eigenvalue weighted by atomic mass is 16.5. The number of hydrogen-bond acceptors (Lipinski definition) is 3. The summed E-state index contributed by atoms with van der Waals surface area (Å²) in [6.45, 7) is 11.0. The van der Waals surface area contributed by atoms with Crippen molar-refractivity contribution in [2.45, 2.75) is 58.6 Å². The summed E-state index contributed by atoms with van der Waals surface area (Å²) < 4.78 is 6.13. The minimum Gasteiger partial charge on any atom is -0.513 e. The van der Waals surface area contributed by atoms with Crippen LogP contribution in [0.1, 0.15) is 61.6 Å². The molecule has 0 bridgehead atoms. The summed E-state index contributed by atoms with van der Waals surface area (Å²) in [7, 11) is 2.20. The number of anilines is 1. The van der Waals surface area contributed by atoms with Crippen LogP contribution in [0.5, 0.6) is 0 Å². The lowest BCUT2D eigenvalue weighted by molar-refractivity contribution is 0.0482. The third kappa shape index (κ3) is 3.56. The number of nitrogens with zero attached hydrogens (tertiary/aromatic N) is 1. The minimum absolute atomic E-state index is 0.0105. The topological polar surface area (TPSA) is 32.7 Å². The van der Waals surface area contributed by atoms with Crippen molar-refractivity contribution >= 4 is 11.3 Å². The van der Waals surface area contributed by atoms with Gasteiger partial charge >= 0.3 is 0 Å². The van der Waals surface area contributed by atoms with Crippen molar-refractivity contribution in [1.29, 1.82) is 0 Å². The number of rotatable bonds is 5. The van der Waals surface area contributed by atoms with E-state index in [0.717, 1.165) is 6.42 Å². The third-order valence-corrected chi connectivity index (χ3v) is 6.57. The van der Waals surface area contributed by atoms with Gasteiger partial charge in [0.2, 0.25) is 0 Å². The van der Waals surface area contributed by atoms with Gasteiger partial charge in [-0.05, 0) is 68.5 Å². The van der Waals surface area contributed by atoms with E-state index in [1.807, 2.05) is 6.92 Å². The molecular weight excluding hydrogens is 370 g/mol. The molecule has 0 spiro atoms. The first-order valence-corrected chi connectivity index (χ1v) is 10.8. The SMILES string of the molecule is CC1=CC(c2cc(C)cc3c2[C@](C)(COC(C)/C=C(/C)O)C3)N(C)c2ccccc21. The van der Waals surface area contributed by atoms with Gasteiger partial charge < -0.3 is 14.7 Å². The Kier molecular flexibility index (Phi) is 5.27. The molecule has 0 saturated heterocycles. The van der Waals surface area contributed by atoms with Gasteiger partial charge in [0, 0.05) is 23.7 Å². The van der Waals surface area contributed by atoms with Crippen LogP contribution < -0.4 is 4.90 Å². The van der Waals surface area contributed by atoms with Crippen LogP contribution in [0.15, 0.2) is 54.3 Å². The molecule has 158 valence electrons. The number of ether oxygens (including phenoxy) is 1. The standard InChI is InChI=1S/C27H33NO2/c1-17-11-21-15-27(5,16-30-20(4)14-19(3)29)26(21)23(12-17)25-13-18(2)22-9-7-8-10-24(22)28(25)6/h7-14,20,25,29H,15-16H2,1-6H3/b19-14-/t20?,25?,27-/m0/s1. The van der Waals surface area contributed by atoms with E-state index in [4.69, 9.17) is 4.74 Å². The smallest absolute Gasteiger partial charge is 0.0877 e. The van der Waals surface area contributed by atoms with Crippen molar-refractivity contribution in [3.05, 3.63) is 82.1 Å². The maximum absolute atomic E-state index is 9.53. The number of aliphatic hydroxyl groups is 1. The summed E-state index contributed by atoms with van der Waals surface area (Å²) in [5.41, 5.74) is 9.50. The first-order chi connectivity index (χ1) is 14.2. The van der Waals surface area contributed by atoms with E-state index >= 15 is 0 Å². The van der Waals surface area contributed by atoms with Crippen LogP contribution in [-0.4, -0.2) is 24.9 Å². The summed E-state index contributed by atoms with van der Waals surface area (Å²) in [5, 5.41) is 9.53. The lowest BCUT2D eigenvalue weighted by Crippen LogP contribution is -2.43. The van der Waals surface area contributed by atoms with Crippen molar-refractivity contribution in [2.75, 3.05) is 18.6 Å². The zero-order chi connectivity index (χ0) is 21.6. The van der Waals surface area contributed by atoms with Gasteiger partial charge in [0.25, 0.3) is 0 Å². The molecule has 2 unspecified atom stereocenters. The zero-order valence-electron chi connectivity index (χ0n) is 19.0. The Hall–Kier alpha value is -2.52. The molecule has 2 aromatic rings. The molecule has 3 nitrogen and oxygen atoms in total. The van der Waals surface area contributed by atoms with Gasteiger partial charge in [0.1, 0.15) is 0 Å². The second-order valence-electron chi connectivity index (χ2n) is 9.37. The maximum Gasteiger partial charge on any atom is 0.0877 e. The molecule has 0 fully saturated rings. The molecule has 2 aromatic carbocycles. The Bertz CT molecular complexity index is 1030. The summed E-state index contributed by atoms with van der Waals surface area (Å²) in [4.78, 5) is 2.40. The van der Waals surface area contributed by atoms with Crippen molar-refractivity contribution in [3.8, 4) is 0 Å². The number of allylic oxidation sites excluding steroid dienone is 2. The molecule has 4 rings (SSSR count). The van der Waals surface area contributed by atoms with E-state index in [1.54, 1.807) is 13.0 Å². The van der Waals surface area contributed by atoms with Gasteiger partial charge in [-0.25, -0.2) is 0 Å². The van der Waals surface area contributed by atoms with Gasteiger partial charge in [0.05, 0.1) is 24.5 Å². The van der Waals surface area contributed by atoms with Crippen LogP contribution in [0.2, 0.25) is 0 Å². The Balaban J connectivity index is 1.70. The molecular formula is C27H33NO2. The molecule has 3 heteroatoms. The van der Waals surface area contributed by atoms with E-state index in [-0.39, 0.29) is 17.6 Å². The van der Waals surface area contributed by atoms with Gasteiger partial charge in [-0.3, -0.25) is 0 Å². The highest BCUT2D eigenvalue weighted by molar-refractivity contribution is 5.80. The van der Waals surface area contributed by atoms with Gasteiger partial charge in [-0.2, -0.15) is 0 Å². The second kappa shape index (κ2) is 7.63. The quantitative estimate of drug-likeness (QED) is 0.597. The molecule has 1 aliphatic carbocycles. The fourth-order valence-corrected chi connectivity index (χ4v) is 5.23. The van der Waals surface area contributed by atoms with Crippen LogP contribution in [0.4, 0.5) is 5.69 Å². The second-order valence-corrected chi connectivity index (χ2v) is 9.37. The Morgan fingerprint density at radius 3 is 2.77 bits per heavy atom. The first kappa shape index (κ1) is 20.7. The average molecular weight is 404 g/mol. The molecule has 3 atom stereocenters. The monoisotopic (exact) mass is 403 g/mol. The Morgan fingerprint density at radius 2 is 2.03 bits per heavy atom. The van der Waals surface area contributed by atoms with Crippen molar-refractivity contribution in [2.24, 2.45) is 0 Å².